The quantitative estimate of drug-likeness (QED) is 0.798. The first-order valence-electron chi connectivity index (χ1n) is 8.47. The number of amides is 1. The molecule has 136 valence electrons. The van der Waals surface area contributed by atoms with Gasteiger partial charge in [0.25, 0.3) is 5.56 Å². The first kappa shape index (κ1) is 17.2. The van der Waals surface area contributed by atoms with Crippen molar-refractivity contribution in [1.82, 2.24) is 14.5 Å². The van der Waals surface area contributed by atoms with Crippen LogP contribution >= 0.6 is 0 Å². The van der Waals surface area contributed by atoms with Gasteiger partial charge in [-0.15, -0.1) is 0 Å². The molecule has 1 amide bonds. The van der Waals surface area contributed by atoms with E-state index >= 15 is 0 Å². The lowest BCUT2D eigenvalue weighted by molar-refractivity contribution is 0.0522. The molecule has 0 spiro atoms. The molecule has 0 aromatic carbocycles. The average Bonchev–Trinajstić information content (AvgIpc) is 3.01. The molecular formula is C16H21N3O6. The molecule has 1 aromatic heterocycles. The van der Waals surface area contributed by atoms with Crippen LogP contribution in [0.5, 0.6) is 0 Å². The molecule has 0 unspecified atom stereocenters. The van der Waals surface area contributed by atoms with Gasteiger partial charge in [-0.3, -0.25) is 14.3 Å². The zero-order valence-corrected chi connectivity index (χ0v) is 14.0. The van der Waals surface area contributed by atoms with E-state index in [1.807, 2.05) is 0 Å². The maximum atomic E-state index is 12.1. The Kier molecular flexibility index (Phi) is 4.91. The molecule has 9 nitrogen and oxygen atoms in total. The van der Waals surface area contributed by atoms with Gasteiger partial charge < -0.3 is 14.4 Å². The highest BCUT2D eigenvalue weighted by atomic mass is 16.6. The van der Waals surface area contributed by atoms with Crippen molar-refractivity contribution in [3.05, 3.63) is 32.6 Å². The highest BCUT2D eigenvalue weighted by molar-refractivity contribution is 5.88. The van der Waals surface area contributed by atoms with Gasteiger partial charge in [0.15, 0.2) is 0 Å². The summed E-state index contributed by atoms with van der Waals surface area (Å²) < 4.78 is 11.2. The molecular weight excluding hydrogens is 330 g/mol. The predicted octanol–water partition coefficient (Wildman–Crippen LogP) is 0.649. The zero-order valence-electron chi connectivity index (χ0n) is 14.0. The van der Waals surface area contributed by atoms with Crippen molar-refractivity contribution in [2.24, 2.45) is 0 Å². The lowest BCUT2D eigenvalue weighted by Gasteiger charge is -2.33. The highest BCUT2D eigenvalue weighted by Gasteiger charge is 2.33. The number of rotatable bonds is 4. The Morgan fingerprint density at radius 3 is 2.52 bits per heavy atom. The number of carbonyl (C=O) groups excluding carboxylic acids is 2. The van der Waals surface area contributed by atoms with E-state index in [9.17, 15) is 19.2 Å². The normalized spacial score (nSPS) is 23.4. The highest BCUT2D eigenvalue weighted by Crippen LogP contribution is 2.31. The molecule has 25 heavy (non-hydrogen) atoms. The molecule has 1 saturated carbocycles. The van der Waals surface area contributed by atoms with Crippen molar-refractivity contribution in [2.75, 3.05) is 19.8 Å². The third kappa shape index (κ3) is 3.45. The summed E-state index contributed by atoms with van der Waals surface area (Å²) in [6.45, 7) is 2.81. The van der Waals surface area contributed by atoms with Gasteiger partial charge in [0.1, 0.15) is 12.2 Å². The van der Waals surface area contributed by atoms with Gasteiger partial charge in [-0.05, 0) is 32.6 Å². The summed E-state index contributed by atoms with van der Waals surface area (Å²) in [5, 5.41) is 0. The summed E-state index contributed by atoms with van der Waals surface area (Å²) in [7, 11) is 0. The van der Waals surface area contributed by atoms with Gasteiger partial charge in [-0.1, -0.05) is 0 Å². The Morgan fingerprint density at radius 1 is 1.24 bits per heavy atom. The number of aromatic amines is 1. The van der Waals surface area contributed by atoms with E-state index in [0.717, 1.165) is 12.8 Å². The maximum absolute atomic E-state index is 12.1. The Hall–Kier alpha value is -2.58. The van der Waals surface area contributed by atoms with Crippen molar-refractivity contribution in [3.8, 4) is 0 Å². The van der Waals surface area contributed by atoms with Crippen LogP contribution in [-0.2, 0) is 9.47 Å². The summed E-state index contributed by atoms with van der Waals surface area (Å²) in [6, 6.07) is -0.0263. The van der Waals surface area contributed by atoms with Crippen LogP contribution in [-0.4, -0.2) is 52.3 Å². The summed E-state index contributed by atoms with van der Waals surface area (Å²) in [6.07, 6.45) is 3.81. The van der Waals surface area contributed by atoms with Crippen molar-refractivity contribution >= 4 is 12.1 Å². The molecule has 1 N–H and O–H groups in total. The van der Waals surface area contributed by atoms with Crippen LogP contribution in [0, 0.1) is 0 Å². The summed E-state index contributed by atoms with van der Waals surface area (Å²) >= 11 is 0. The molecule has 2 aliphatic rings. The average molecular weight is 351 g/mol. The van der Waals surface area contributed by atoms with Crippen LogP contribution in [0.15, 0.2) is 15.8 Å². The van der Waals surface area contributed by atoms with Gasteiger partial charge in [0.2, 0.25) is 0 Å². The lowest BCUT2D eigenvalue weighted by atomic mass is 9.90. The number of aromatic nitrogens is 2. The van der Waals surface area contributed by atoms with Gasteiger partial charge in [-0.2, -0.15) is 0 Å². The molecule has 2 fully saturated rings. The second kappa shape index (κ2) is 7.12. The number of H-pyrrole nitrogens is 1. The molecule has 3 rings (SSSR count). The molecule has 1 aliphatic heterocycles. The molecule has 9 heteroatoms. The molecule has 0 radical (unpaired) electrons. The SMILES string of the molecule is CCOC(=O)c1cn(C2CCC(N3CCOC3=O)CC2)c(=O)[nH]c1=O. The number of cyclic esters (lactones) is 1. The van der Waals surface area contributed by atoms with Crippen LogP contribution in [0.4, 0.5) is 4.79 Å². The van der Waals surface area contributed by atoms with E-state index in [1.54, 1.807) is 11.8 Å². The molecule has 1 aromatic rings. The Bertz CT molecular complexity index is 775. The smallest absolute Gasteiger partial charge is 0.410 e. The number of hydrogen-bond donors (Lipinski definition) is 1. The number of carbonyl (C=O) groups is 2. The number of hydrogen-bond acceptors (Lipinski definition) is 6. The minimum absolute atomic E-state index is 0.106. The molecule has 2 heterocycles. The van der Waals surface area contributed by atoms with Crippen LogP contribution < -0.4 is 11.2 Å². The first-order chi connectivity index (χ1) is 12.0. The predicted molar refractivity (Wildman–Crippen MR) is 86.6 cm³/mol. The Labute approximate surface area is 143 Å². The lowest BCUT2D eigenvalue weighted by Crippen LogP contribution is -2.41. The van der Waals surface area contributed by atoms with Gasteiger partial charge in [-0.25, -0.2) is 14.4 Å². The monoisotopic (exact) mass is 351 g/mol. The second-order valence-corrected chi connectivity index (χ2v) is 6.20. The molecule has 1 saturated heterocycles. The van der Waals surface area contributed by atoms with Gasteiger partial charge >= 0.3 is 17.8 Å². The fraction of sp³-hybridized carbons (Fsp3) is 0.625. The van der Waals surface area contributed by atoms with E-state index < -0.39 is 17.2 Å². The van der Waals surface area contributed by atoms with E-state index in [1.165, 1.54) is 10.8 Å². The van der Waals surface area contributed by atoms with Crippen molar-refractivity contribution in [3.63, 3.8) is 0 Å². The zero-order chi connectivity index (χ0) is 18.0. The van der Waals surface area contributed by atoms with E-state index in [0.29, 0.717) is 26.0 Å². The number of ether oxygens (including phenoxy) is 2. The van der Waals surface area contributed by atoms with E-state index in [2.05, 4.69) is 4.98 Å². The fourth-order valence-corrected chi connectivity index (χ4v) is 3.50. The first-order valence-corrected chi connectivity index (χ1v) is 8.47. The largest absolute Gasteiger partial charge is 0.462 e. The third-order valence-corrected chi connectivity index (χ3v) is 4.76. The van der Waals surface area contributed by atoms with Gasteiger partial charge in [0.05, 0.1) is 13.2 Å². The standard InChI is InChI=1S/C16H21N3O6/c1-2-24-14(21)12-9-19(15(22)17-13(12)20)11-5-3-10(4-6-11)18-7-8-25-16(18)23/h9-11H,2-8H2,1H3,(H,17,20,22). The number of nitrogens with zero attached hydrogens (tertiary/aromatic N) is 2. The van der Waals surface area contributed by atoms with Crippen molar-refractivity contribution < 1.29 is 19.1 Å². The van der Waals surface area contributed by atoms with Gasteiger partial charge in [0, 0.05) is 18.3 Å². The maximum Gasteiger partial charge on any atom is 0.410 e. The van der Waals surface area contributed by atoms with E-state index in [-0.39, 0.29) is 30.3 Å². The number of esters is 1. The summed E-state index contributed by atoms with van der Waals surface area (Å²) in [5.74, 6) is -0.744. The topological polar surface area (TPSA) is 111 Å². The molecule has 0 atom stereocenters. The number of nitrogens with one attached hydrogen (secondary N) is 1. The fourth-order valence-electron chi connectivity index (χ4n) is 3.50. The summed E-state index contributed by atoms with van der Waals surface area (Å²) in [4.78, 5) is 51.4. The minimum atomic E-state index is -0.744. The van der Waals surface area contributed by atoms with E-state index in [4.69, 9.17) is 9.47 Å². The Morgan fingerprint density at radius 2 is 1.92 bits per heavy atom. The molecule has 0 bridgehead atoms. The van der Waals surface area contributed by atoms with Crippen molar-refractivity contribution in [1.29, 1.82) is 0 Å². The minimum Gasteiger partial charge on any atom is -0.462 e. The van der Waals surface area contributed by atoms with Crippen LogP contribution in [0.2, 0.25) is 0 Å². The van der Waals surface area contributed by atoms with Crippen LogP contribution in [0.3, 0.4) is 0 Å². The summed E-state index contributed by atoms with van der Waals surface area (Å²) in [5.41, 5.74) is -1.46. The van der Waals surface area contributed by atoms with Crippen LogP contribution in [0.25, 0.3) is 0 Å². The third-order valence-electron chi connectivity index (χ3n) is 4.76. The van der Waals surface area contributed by atoms with Crippen LogP contribution in [0.1, 0.15) is 49.0 Å². The Balaban J connectivity index is 1.75. The molecule has 1 aliphatic carbocycles. The second-order valence-electron chi connectivity index (χ2n) is 6.20. The van der Waals surface area contributed by atoms with Crippen molar-refractivity contribution in [2.45, 2.75) is 44.7 Å².